The Labute approximate surface area is 186 Å². The van der Waals surface area contributed by atoms with Gasteiger partial charge in [-0.05, 0) is 31.5 Å². The topological polar surface area (TPSA) is 45.7 Å². The summed E-state index contributed by atoms with van der Waals surface area (Å²) in [6.45, 7) is 6.76. The zero-order chi connectivity index (χ0) is 21.6. The standard InChI is InChI=1S/C24H26FN3O2S/c1-18-6-8-19(9-7-18)22-17-31-24(26-22)28(11-3-10-27-12-14-30-15-13-27)23(29)20-4-2-5-21(25)16-20/h2,4-9,16-17H,3,10-15H2,1H3. The van der Waals surface area contributed by atoms with Crippen molar-refractivity contribution in [2.75, 3.05) is 44.3 Å². The van der Waals surface area contributed by atoms with Gasteiger partial charge in [0.05, 0.1) is 18.9 Å². The molecule has 0 saturated carbocycles. The van der Waals surface area contributed by atoms with Gasteiger partial charge in [-0.1, -0.05) is 35.9 Å². The summed E-state index contributed by atoms with van der Waals surface area (Å²) < 4.78 is 19.1. The number of hydrogen-bond donors (Lipinski definition) is 0. The van der Waals surface area contributed by atoms with Crippen molar-refractivity contribution >= 4 is 22.4 Å². The molecule has 2 aromatic carbocycles. The van der Waals surface area contributed by atoms with Crippen LogP contribution in [0.3, 0.4) is 0 Å². The number of aromatic nitrogens is 1. The van der Waals surface area contributed by atoms with Gasteiger partial charge in [-0.2, -0.15) is 0 Å². The Balaban J connectivity index is 1.54. The van der Waals surface area contributed by atoms with Gasteiger partial charge in [-0.25, -0.2) is 9.37 Å². The normalized spacial score (nSPS) is 14.5. The summed E-state index contributed by atoms with van der Waals surface area (Å²) in [4.78, 5) is 22.0. The summed E-state index contributed by atoms with van der Waals surface area (Å²) >= 11 is 1.44. The second-order valence-corrected chi connectivity index (χ2v) is 8.49. The van der Waals surface area contributed by atoms with Crippen LogP contribution >= 0.6 is 11.3 Å². The highest BCUT2D eigenvalue weighted by atomic mass is 32.1. The number of rotatable bonds is 7. The molecule has 0 unspecified atom stereocenters. The number of ether oxygens (including phenoxy) is 1. The van der Waals surface area contributed by atoms with E-state index >= 15 is 0 Å². The monoisotopic (exact) mass is 439 g/mol. The molecule has 0 bridgehead atoms. The van der Waals surface area contributed by atoms with Crippen LogP contribution in [-0.2, 0) is 4.74 Å². The lowest BCUT2D eigenvalue weighted by atomic mass is 10.1. The molecule has 7 heteroatoms. The molecule has 0 N–H and O–H groups in total. The van der Waals surface area contributed by atoms with Crippen LogP contribution in [0.1, 0.15) is 22.3 Å². The molecule has 5 nitrogen and oxygen atoms in total. The maximum absolute atomic E-state index is 13.7. The Morgan fingerprint density at radius 1 is 1.19 bits per heavy atom. The molecule has 0 aliphatic carbocycles. The molecule has 0 atom stereocenters. The summed E-state index contributed by atoms with van der Waals surface area (Å²) in [5.74, 6) is -0.648. The Kier molecular flexibility index (Phi) is 7.06. The zero-order valence-electron chi connectivity index (χ0n) is 17.6. The minimum absolute atomic E-state index is 0.230. The van der Waals surface area contributed by atoms with Gasteiger partial charge in [0.15, 0.2) is 5.13 Å². The van der Waals surface area contributed by atoms with Gasteiger partial charge < -0.3 is 4.74 Å². The molecule has 1 aromatic heterocycles. The Bertz CT molecular complexity index is 1020. The molecule has 1 saturated heterocycles. The summed E-state index contributed by atoms with van der Waals surface area (Å²) in [7, 11) is 0. The number of nitrogens with zero attached hydrogens (tertiary/aromatic N) is 3. The van der Waals surface area contributed by atoms with Crippen molar-refractivity contribution in [3.8, 4) is 11.3 Å². The van der Waals surface area contributed by atoms with E-state index in [1.165, 1.54) is 29.0 Å². The maximum atomic E-state index is 13.7. The number of carbonyl (C=O) groups is 1. The Hall–Kier alpha value is -2.61. The molecule has 1 aliphatic rings. The predicted octanol–water partition coefficient (Wildman–Crippen LogP) is 4.63. The van der Waals surface area contributed by atoms with Crippen molar-refractivity contribution in [3.63, 3.8) is 0 Å². The number of hydrogen-bond acceptors (Lipinski definition) is 5. The lowest BCUT2D eigenvalue weighted by Gasteiger charge is -2.27. The molecule has 162 valence electrons. The van der Waals surface area contributed by atoms with Crippen LogP contribution in [0.15, 0.2) is 53.9 Å². The maximum Gasteiger partial charge on any atom is 0.260 e. The van der Waals surface area contributed by atoms with Crippen molar-refractivity contribution < 1.29 is 13.9 Å². The third-order valence-corrected chi connectivity index (χ3v) is 6.21. The molecule has 1 fully saturated rings. The number of aryl methyl sites for hydroxylation is 1. The van der Waals surface area contributed by atoms with Gasteiger partial charge in [-0.15, -0.1) is 11.3 Å². The fourth-order valence-electron chi connectivity index (χ4n) is 3.58. The van der Waals surface area contributed by atoms with Crippen molar-refractivity contribution in [3.05, 3.63) is 70.9 Å². The van der Waals surface area contributed by atoms with Crippen LogP contribution in [0, 0.1) is 12.7 Å². The number of halogens is 1. The number of anilines is 1. The first-order valence-electron chi connectivity index (χ1n) is 10.5. The first-order chi connectivity index (χ1) is 15.1. The smallest absolute Gasteiger partial charge is 0.260 e. The summed E-state index contributed by atoms with van der Waals surface area (Å²) in [5, 5.41) is 2.60. The van der Waals surface area contributed by atoms with Crippen LogP contribution in [0.25, 0.3) is 11.3 Å². The van der Waals surface area contributed by atoms with E-state index in [9.17, 15) is 9.18 Å². The van der Waals surface area contributed by atoms with Gasteiger partial charge in [0.1, 0.15) is 5.82 Å². The number of amides is 1. The van der Waals surface area contributed by atoms with E-state index in [-0.39, 0.29) is 5.91 Å². The highest BCUT2D eigenvalue weighted by Crippen LogP contribution is 2.29. The minimum Gasteiger partial charge on any atom is -0.379 e. The molecule has 0 radical (unpaired) electrons. The fourth-order valence-corrected chi connectivity index (χ4v) is 4.44. The summed E-state index contributed by atoms with van der Waals surface area (Å²) in [6, 6.07) is 14.0. The highest BCUT2D eigenvalue weighted by molar-refractivity contribution is 7.14. The Morgan fingerprint density at radius 3 is 2.71 bits per heavy atom. The highest BCUT2D eigenvalue weighted by Gasteiger charge is 2.22. The van der Waals surface area contributed by atoms with Crippen molar-refractivity contribution in [2.45, 2.75) is 13.3 Å². The lowest BCUT2D eigenvalue weighted by Crippen LogP contribution is -2.39. The SMILES string of the molecule is Cc1ccc(-c2csc(N(CCCN3CCOCC3)C(=O)c3cccc(F)c3)n2)cc1. The molecular weight excluding hydrogens is 413 g/mol. The average molecular weight is 440 g/mol. The minimum atomic E-state index is -0.418. The quantitative estimate of drug-likeness (QED) is 0.539. The van der Waals surface area contributed by atoms with E-state index in [1.54, 1.807) is 17.0 Å². The van der Waals surface area contributed by atoms with E-state index in [0.717, 1.165) is 50.5 Å². The van der Waals surface area contributed by atoms with E-state index in [1.807, 2.05) is 36.6 Å². The third-order valence-electron chi connectivity index (χ3n) is 5.35. The van der Waals surface area contributed by atoms with Gasteiger partial charge in [0, 0.05) is 42.7 Å². The van der Waals surface area contributed by atoms with E-state index in [0.29, 0.717) is 17.2 Å². The molecule has 4 rings (SSSR count). The number of thiazole rings is 1. The molecule has 2 heterocycles. The average Bonchev–Trinajstić information content (AvgIpc) is 3.27. The van der Waals surface area contributed by atoms with Crippen molar-refractivity contribution in [1.82, 2.24) is 9.88 Å². The number of morpholine rings is 1. The first-order valence-corrected chi connectivity index (χ1v) is 11.4. The molecule has 31 heavy (non-hydrogen) atoms. The van der Waals surface area contributed by atoms with Crippen molar-refractivity contribution in [2.24, 2.45) is 0 Å². The van der Waals surface area contributed by atoms with Crippen LogP contribution in [-0.4, -0.2) is 55.2 Å². The molecule has 1 amide bonds. The predicted molar refractivity (Wildman–Crippen MR) is 122 cm³/mol. The van der Waals surface area contributed by atoms with Crippen molar-refractivity contribution in [1.29, 1.82) is 0 Å². The van der Waals surface area contributed by atoms with Crippen LogP contribution in [0.4, 0.5) is 9.52 Å². The summed E-state index contributed by atoms with van der Waals surface area (Å²) in [5.41, 5.74) is 3.37. The van der Waals surface area contributed by atoms with Crippen LogP contribution < -0.4 is 4.90 Å². The van der Waals surface area contributed by atoms with E-state index < -0.39 is 5.82 Å². The Morgan fingerprint density at radius 2 is 1.97 bits per heavy atom. The van der Waals surface area contributed by atoms with Gasteiger partial charge in [-0.3, -0.25) is 14.6 Å². The number of benzene rings is 2. The van der Waals surface area contributed by atoms with Crippen LogP contribution in [0.5, 0.6) is 0 Å². The fraction of sp³-hybridized carbons (Fsp3) is 0.333. The van der Waals surface area contributed by atoms with Gasteiger partial charge in [0.25, 0.3) is 5.91 Å². The van der Waals surface area contributed by atoms with E-state index in [2.05, 4.69) is 4.90 Å². The van der Waals surface area contributed by atoms with Gasteiger partial charge >= 0.3 is 0 Å². The zero-order valence-corrected chi connectivity index (χ0v) is 18.4. The number of carbonyl (C=O) groups excluding carboxylic acids is 1. The van der Waals surface area contributed by atoms with Crippen LogP contribution in [0.2, 0.25) is 0 Å². The molecule has 1 aliphatic heterocycles. The largest absolute Gasteiger partial charge is 0.379 e. The first kappa shape index (κ1) is 21.6. The third kappa shape index (κ3) is 5.55. The van der Waals surface area contributed by atoms with Gasteiger partial charge in [0.2, 0.25) is 0 Å². The lowest BCUT2D eigenvalue weighted by molar-refractivity contribution is 0.0376. The second kappa shape index (κ2) is 10.1. The second-order valence-electron chi connectivity index (χ2n) is 7.66. The summed E-state index contributed by atoms with van der Waals surface area (Å²) in [6.07, 6.45) is 0.806. The molecule has 3 aromatic rings. The molecular formula is C24H26FN3O2S. The molecule has 0 spiro atoms. The van der Waals surface area contributed by atoms with E-state index in [4.69, 9.17) is 9.72 Å².